The van der Waals surface area contributed by atoms with Crippen LogP contribution in [0, 0.1) is 0 Å². The van der Waals surface area contributed by atoms with E-state index in [1.54, 1.807) is 0 Å². The minimum atomic E-state index is -5.65. The molecule has 0 aromatic heterocycles. The molecular weight excluding hydrogens is 470 g/mol. The number of rotatable bonds is 10. The molecule has 0 bridgehead atoms. The monoisotopic (exact) mass is 504 g/mol. The molecule has 0 amide bonds. The van der Waals surface area contributed by atoms with Gasteiger partial charge in [-0.3, -0.25) is 0 Å². The molecule has 2 aromatic carbocycles. The summed E-state index contributed by atoms with van der Waals surface area (Å²) in [5.74, 6) is 0.417. The van der Waals surface area contributed by atoms with E-state index in [1.165, 1.54) is 0 Å². The number of alkyl halides is 6. The minimum Gasteiger partial charge on any atom is -0.488 e. The Morgan fingerprint density at radius 1 is 0.514 bits per heavy atom. The smallest absolute Gasteiger partial charge is 0.411 e. The zero-order valence-corrected chi connectivity index (χ0v) is 21.0. The summed E-state index contributed by atoms with van der Waals surface area (Å²) in [5.41, 5.74) is -7.23. The van der Waals surface area contributed by atoms with Crippen molar-refractivity contribution in [3.63, 3.8) is 0 Å². The fourth-order valence-corrected chi connectivity index (χ4v) is 3.89. The highest BCUT2D eigenvalue weighted by Crippen LogP contribution is 2.56. The standard InChI is InChI=1S/C27H34F6O2/c1-7-23(5,8-2)34-21-15-11-19(12-16-21)25(26(28,29)30,27(31,32)33)20-13-17-22(18-14-20)35-24(6,9-3)10-4/h11-18H,7-10H2,1-6H3. The summed E-state index contributed by atoms with van der Waals surface area (Å²) in [5, 5.41) is 0. The van der Waals surface area contributed by atoms with Crippen LogP contribution in [0.1, 0.15) is 78.4 Å². The van der Waals surface area contributed by atoms with Crippen molar-refractivity contribution in [1.29, 1.82) is 0 Å². The summed E-state index contributed by atoms with van der Waals surface area (Å²) in [7, 11) is 0. The molecule has 8 heteroatoms. The van der Waals surface area contributed by atoms with E-state index in [9.17, 15) is 26.3 Å². The summed E-state index contributed by atoms with van der Waals surface area (Å²) in [6.45, 7) is 11.3. The largest absolute Gasteiger partial charge is 0.488 e. The van der Waals surface area contributed by atoms with Crippen LogP contribution >= 0.6 is 0 Å². The highest BCUT2D eigenvalue weighted by molar-refractivity contribution is 5.47. The maximum atomic E-state index is 14.4. The summed E-state index contributed by atoms with van der Waals surface area (Å²) in [4.78, 5) is 0. The Morgan fingerprint density at radius 2 is 0.771 bits per heavy atom. The molecule has 0 aliphatic heterocycles. The second-order valence-corrected chi connectivity index (χ2v) is 9.31. The Balaban J connectivity index is 2.61. The predicted molar refractivity (Wildman–Crippen MR) is 125 cm³/mol. The molecule has 0 atom stereocenters. The molecule has 0 aliphatic carbocycles. The van der Waals surface area contributed by atoms with Crippen molar-refractivity contribution in [2.75, 3.05) is 0 Å². The van der Waals surface area contributed by atoms with E-state index >= 15 is 0 Å². The number of hydrogen-bond donors (Lipinski definition) is 0. The molecule has 0 aliphatic rings. The lowest BCUT2D eigenvalue weighted by atomic mass is 9.73. The molecule has 0 saturated heterocycles. The summed E-state index contributed by atoms with van der Waals surface area (Å²) < 4.78 is 98.2. The zero-order chi connectivity index (χ0) is 26.7. The van der Waals surface area contributed by atoms with Gasteiger partial charge < -0.3 is 9.47 Å². The molecule has 0 radical (unpaired) electrons. The van der Waals surface area contributed by atoms with Crippen LogP contribution in [-0.4, -0.2) is 23.6 Å². The van der Waals surface area contributed by atoms with Crippen molar-refractivity contribution in [1.82, 2.24) is 0 Å². The molecule has 2 aromatic rings. The topological polar surface area (TPSA) is 18.5 Å². The molecule has 0 unspecified atom stereocenters. The third-order valence-electron chi connectivity index (χ3n) is 7.15. The average molecular weight is 505 g/mol. The normalized spacial score (nSPS) is 13.6. The third-order valence-corrected chi connectivity index (χ3v) is 7.15. The molecule has 196 valence electrons. The van der Waals surface area contributed by atoms with Gasteiger partial charge in [0.25, 0.3) is 0 Å². The van der Waals surface area contributed by atoms with Crippen LogP contribution in [0.4, 0.5) is 26.3 Å². The zero-order valence-electron chi connectivity index (χ0n) is 21.0. The predicted octanol–water partition coefficient (Wildman–Crippen LogP) is 9.01. The Labute approximate surface area is 203 Å². The van der Waals surface area contributed by atoms with Crippen molar-refractivity contribution in [2.45, 2.75) is 96.2 Å². The SMILES string of the molecule is CCC(C)(CC)Oc1ccc(C(c2ccc(OC(C)(CC)CC)cc2)(C(F)(F)F)C(F)(F)F)cc1. The van der Waals surface area contributed by atoms with E-state index in [0.29, 0.717) is 25.7 Å². The van der Waals surface area contributed by atoms with Crippen LogP contribution in [0.25, 0.3) is 0 Å². The van der Waals surface area contributed by atoms with Gasteiger partial charge in [0.15, 0.2) is 0 Å². The lowest BCUT2D eigenvalue weighted by Crippen LogP contribution is -2.54. The summed E-state index contributed by atoms with van der Waals surface area (Å²) >= 11 is 0. The number of benzene rings is 2. The van der Waals surface area contributed by atoms with Gasteiger partial charge in [-0.15, -0.1) is 0 Å². The van der Waals surface area contributed by atoms with Gasteiger partial charge in [-0.25, -0.2) is 0 Å². The average Bonchev–Trinajstić information content (AvgIpc) is 2.79. The van der Waals surface area contributed by atoms with Crippen molar-refractivity contribution in [3.8, 4) is 11.5 Å². The molecule has 0 heterocycles. The van der Waals surface area contributed by atoms with E-state index in [-0.39, 0.29) is 11.5 Å². The van der Waals surface area contributed by atoms with Gasteiger partial charge >= 0.3 is 12.4 Å². The van der Waals surface area contributed by atoms with Gasteiger partial charge in [-0.05, 0) is 74.9 Å². The lowest BCUT2D eigenvalue weighted by Gasteiger charge is -2.38. The number of hydrogen-bond acceptors (Lipinski definition) is 2. The molecule has 35 heavy (non-hydrogen) atoms. The van der Waals surface area contributed by atoms with Gasteiger partial charge in [0.05, 0.1) is 0 Å². The fourth-order valence-electron chi connectivity index (χ4n) is 3.89. The molecule has 0 saturated carbocycles. The Bertz CT molecular complexity index is 858. The first-order chi connectivity index (χ1) is 16.1. The fraction of sp³-hybridized carbons (Fsp3) is 0.556. The van der Waals surface area contributed by atoms with Crippen molar-refractivity contribution in [3.05, 3.63) is 59.7 Å². The molecule has 0 N–H and O–H groups in total. The van der Waals surface area contributed by atoms with Crippen LogP contribution in [0.5, 0.6) is 11.5 Å². The molecular formula is C27H34F6O2. The van der Waals surface area contributed by atoms with E-state index in [4.69, 9.17) is 9.47 Å². The highest BCUT2D eigenvalue weighted by atomic mass is 19.4. The Kier molecular flexibility index (Phi) is 8.50. The second kappa shape index (κ2) is 10.3. The third kappa shape index (κ3) is 5.72. The summed E-state index contributed by atoms with van der Waals surface area (Å²) in [6, 6.07) is 8.03. The Hall–Kier alpha value is -2.38. The van der Waals surface area contributed by atoms with E-state index in [1.807, 2.05) is 41.5 Å². The van der Waals surface area contributed by atoms with Crippen LogP contribution in [0.15, 0.2) is 48.5 Å². The van der Waals surface area contributed by atoms with Crippen LogP contribution < -0.4 is 9.47 Å². The van der Waals surface area contributed by atoms with Gasteiger partial charge in [0, 0.05) is 0 Å². The lowest BCUT2D eigenvalue weighted by molar-refractivity contribution is -0.288. The first-order valence-corrected chi connectivity index (χ1v) is 11.8. The van der Waals surface area contributed by atoms with E-state index in [2.05, 4.69) is 0 Å². The molecule has 0 fully saturated rings. The maximum absolute atomic E-state index is 14.4. The summed E-state index contributed by atoms with van der Waals surface area (Å²) in [6.07, 6.45) is -8.79. The molecule has 2 rings (SSSR count). The van der Waals surface area contributed by atoms with Crippen molar-refractivity contribution in [2.24, 2.45) is 0 Å². The van der Waals surface area contributed by atoms with Gasteiger partial charge in [-0.2, -0.15) is 26.3 Å². The second-order valence-electron chi connectivity index (χ2n) is 9.31. The number of ether oxygens (including phenoxy) is 2. The molecule has 2 nitrogen and oxygen atoms in total. The van der Waals surface area contributed by atoms with Gasteiger partial charge in [-0.1, -0.05) is 52.0 Å². The first kappa shape index (κ1) is 28.9. The van der Waals surface area contributed by atoms with E-state index < -0.39 is 40.1 Å². The number of halogens is 6. The van der Waals surface area contributed by atoms with Crippen LogP contribution in [-0.2, 0) is 5.41 Å². The highest BCUT2D eigenvalue weighted by Gasteiger charge is 2.72. The maximum Gasteiger partial charge on any atom is 0.411 e. The van der Waals surface area contributed by atoms with E-state index in [0.717, 1.165) is 48.5 Å². The molecule has 0 spiro atoms. The quantitative estimate of drug-likeness (QED) is 0.301. The first-order valence-electron chi connectivity index (χ1n) is 11.8. The van der Waals surface area contributed by atoms with Crippen molar-refractivity contribution < 1.29 is 35.8 Å². The van der Waals surface area contributed by atoms with Crippen LogP contribution in [0.2, 0.25) is 0 Å². The van der Waals surface area contributed by atoms with Crippen LogP contribution in [0.3, 0.4) is 0 Å². The van der Waals surface area contributed by atoms with Gasteiger partial charge in [0.1, 0.15) is 22.7 Å². The van der Waals surface area contributed by atoms with Crippen molar-refractivity contribution >= 4 is 0 Å². The van der Waals surface area contributed by atoms with Gasteiger partial charge in [0.2, 0.25) is 5.41 Å². The minimum absolute atomic E-state index is 0.209. The Morgan fingerprint density at radius 3 is 0.971 bits per heavy atom.